The van der Waals surface area contributed by atoms with Crippen LogP contribution in [-0.2, 0) is 31.9 Å². The van der Waals surface area contributed by atoms with E-state index in [2.05, 4.69) is 10.6 Å². The van der Waals surface area contributed by atoms with Crippen molar-refractivity contribution < 1.29 is 28.6 Å². The molecule has 2 amide bonds. The Morgan fingerprint density at radius 1 is 1.15 bits per heavy atom. The summed E-state index contributed by atoms with van der Waals surface area (Å²) in [5.74, 6) is -0.965. The Labute approximate surface area is 201 Å². The van der Waals surface area contributed by atoms with Crippen LogP contribution in [-0.4, -0.2) is 51.3 Å². The molecule has 10 heteroatoms. The number of amides is 2. The highest BCUT2D eigenvalue weighted by Gasteiger charge is 2.26. The van der Waals surface area contributed by atoms with Crippen molar-refractivity contribution in [1.82, 2.24) is 5.32 Å². The summed E-state index contributed by atoms with van der Waals surface area (Å²) in [6.07, 6.45) is 3.73. The van der Waals surface area contributed by atoms with E-state index in [0.717, 1.165) is 41.7 Å². The smallest absolute Gasteiger partial charge is 0.344 e. The molecule has 1 aliphatic carbocycles. The van der Waals surface area contributed by atoms with E-state index in [0.29, 0.717) is 34.5 Å². The summed E-state index contributed by atoms with van der Waals surface area (Å²) < 4.78 is 15.4. The second kappa shape index (κ2) is 12.0. The lowest BCUT2D eigenvalue weighted by molar-refractivity contribution is -0.149. The lowest BCUT2D eigenvalue weighted by Gasteiger charge is -2.13. The Bertz CT molecular complexity index is 1020. The van der Waals surface area contributed by atoms with E-state index in [9.17, 15) is 14.4 Å². The molecule has 0 aliphatic heterocycles. The minimum atomic E-state index is -0.680. The van der Waals surface area contributed by atoms with E-state index in [-0.39, 0.29) is 12.5 Å². The lowest BCUT2D eigenvalue weighted by atomic mass is 9.95. The van der Waals surface area contributed by atoms with Crippen LogP contribution in [0.3, 0.4) is 0 Å². The molecular weight excluding hydrogens is 468 g/mol. The SMILES string of the molecule is COCCNC(=O)c1c(NC(=O)COC(=O)COc2ccc(Cl)c(C)c2)sc2c1CCCC2. The van der Waals surface area contributed by atoms with Crippen molar-refractivity contribution in [3.8, 4) is 5.75 Å². The number of methoxy groups -OCH3 is 1. The number of nitrogens with one attached hydrogen (secondary N) is 2. The number of benzene rings is 1. The number of thiophene rings is 1. The first kappa shape index (κ1) is 25.0. The number of aryl methyl sites for hydroxylation is 2. The van der Waals surface area contributed by atoms with Crippen molar-refractivity contribution in [1.29, 1.82) is 0 Å². The molecule has 1 aromatic carbocycles. The van der Waals surface area contributed by atoms with Gasteiger partial charge in [0.1, 0.15) is 10.8 Å². The summed E-state index contributed by atoms with van der Waals surface area (Å²) in [6, 6.07) is 5.03. The van der Waals surface area contributed by atoms with Crippen LogP contribution in [0, 0.1) is 6.92 Å². The normalized spacial score (nSPS) is 12.6. The number of ether oxygens (including phenoxy) is 3. The van der Waals surface area contributed by atoms with Crippen LogP contribution in [0.25, 0.3) is 0 Å². The number of carbonyl (C=O) groups is 3. The van der Waals surface area contributed by atoms with Crippen molar-refractivity contribution in [2.45, 2.75) is 32.6 Å². The largest absolute Gasteiger partial charge is 0.482 e. The van der Waals surface area contributed by atoms with Crippen LogP contribution in [0.15, 0.2) is 18.2 Å². The predicted molar refractivity (Wildman–Crippen MR) is 126 cm³/mol. The zero-order valence-electron chi connectivity index (χ0n) is 18.6. The summed E-state index contributed by atoms with van der Waals surface area (Å²) >= 11 is 7.37. The Kier molecular flexibility index (Phi) is 9.11. The third-order valence-corrected chi connectivity index (χ3v) is 6.72. The quantitative estimate of drug-likeness (QED) is 0.387. The molecule has 0 saturated heterocycles. The van der Waals surface area contributed by atoms with Gasteiger partial charge in [-0.15, -0.1) is 11.3 Å². The van der Waals surface area contributed by atoms with Crippen LogP contribution in [0.4, 0.5) is 5.00 Å². The van der Waals surface area contributed by atoms with E-state index in [1.807, 2.05) is 6.92 Å². The molecule has 1 aromatic heterocycles. The fourth-order valence-electron chi connectivity index (χ4n) is 3.45. The van der Waals surface area contributed by atoms with Crippen molar-refractivity contribution in [2.75, 3.05) is 38.8 Å². The van der Waals surface area contributed by atoms with Crippen molar-refractivity contribution in [2.24, 2.45) is 0 Å². The molecule has 0 radical (unpaired) electrons. The van der Waals surface area contributed by atoms with Gasteiger partial charge in [-0.05, 0) is 61.9 Å². The Hall–Kier alpha value is -2.62. The van der Waals surface area contributed by atoms with Crippen LogP contribution in [0.5, 0.6) is 5.75 Å². The summed E-state index contributed by atoms with van der Waals surface area (Å²) in [5, 5.41) is 6.64. The first-order valence-corrected chi connectivity index (χ1v) is 11.8. The molecule has 3 rings (SSSR count). The Morgan fingerprint density at radius 2 is 1.94 bits per heavy atom. The van der Waals surface area contributed by atoms with E-state index >= 15 is 0 Å². The van der Waals surface area contributed by atoms with Gasteiger partial charge in [-0.3, -0.25) is 9.59 Å². The Balaban J connectivity index is 1.55. The van der Waals surface area contributed by atoms with E-state index < -0.39 is 18.5 Å². The molecule has 1 aliphatic rings. The number of hydrogen-bond donors (Lipinski definition) is 2. The summed E-state index contributed by atoms with van der Waals surface area (Å²) in [6.45, 7) is 1.78. The highest BCUT2D eigenvalue weighted by molar-refractivity contribution is 7.17. The minimum absolute atomic E-state index is 0.245. The fraction of sp³-hybridized carbons (Fsp3) is 0.435. The Morgan fingerprint density at radius 3 is 2.70 bits per heavy atom. The molecule has 0 saturated carbocycles. The maximum atomic E-state index is 12.8. The van der Waals surface area contributed by atoms with Gasteiger partial charge < -0.3 is 24.8 Å². The number of halogens is 1. The molecule has 0 fully saturated rings. The topological polar surface area (TPSA) is 103 Å². The number of carbonyl (C=O) groups excluding carboxylic acids is 3. The molecule has 1 heterocycles. The molecule has 2 aromatic rings. The van der Waals surface area contributed by atoms with Crippen molar-refractivity contribution in [3.05, 3.63) is 44.8 Å². The number of hydrogen-bond acceptors (Lipinski definition) is 7. The lowest BCUT2D eigenvalue weighted by Crippen LogP contribution is -2.29. The van der Waals surface area contributed by atoms with Gasteiger partial charge >= 0.3 is 5.97 Å². The van der Waals surface area contributed by atoms with Crippen LogP contribution >= 0.6 is 22.9 Å². The molecular formula is C23H27ClN2O6S. The number of fused-ring (bicyclic) bond motifs is 1. The van der Waals surface area contributed by atoms with Crippen LogP contribution in [0.2, 0.25) is 5.02 Å². The highest BCUT2D eigenvalue weighted by Crippen LogP contribution is 2.38. The van der Waals surface area contributed by atoms with Gasteiger partial charge in [-0.2, -0.15) is 0 Å². The van der Waals surface area contributed by atoms with Gasteiger partial charge in [0.05, 0.1) is 12.2 Å². The van der Waals surface area contributed by atoms with Crippen LogP contribution < -0.4 is 15.4 Å². The summed E-state index contributed by atoms with van der Waals surface area (Å²) in [5.41, 5.74) is 2.30. The maximum Gasteiger partial charge on any atom is 0.344 e. The second-order valence-corrected chi connectivity index (χ2v) is 9.08. The minimum Gasteiger partial charge on any atom is -0.482 e. The maximum absolute atomic E-state index is 12.8. The monoisotopic (exact) mass is 494 g/mol. The first-order chi connectivity index (χ1) is 15.9. The van der Waals surface area contributed by atoms with Gasteiger partial charge in [0, 0.05) is 23.6 Å². The molecule has 0 atom stereocenters. The van der Waals surface area contributed by atoms with Gasteiger partial charge in [0.15, 0.2) is 13.2 Å². The summed E-state index contributed by atoms with van der Waals surface area (Å²) in [7, 11) is 1.56. The number of rotatable bonds is 10. The predicted octanol–water partition coefficient (Wildman–Crippen LogP) is 3.53. The van der Waals surface area contributed by atoms with E-state index in [1.165, 1.54) is 11.3 Å². The van der Waals surface area contributed by atoms with E-state index in [4.69, 9.17) is 25.8 Å². The third kappa shape index (κ3) is 6.93. The zero-order chi connectivity index (χ0) is 23.8. The molecule has 8 nitrogen and oxygen atoms in total. The first-order valence-electron chi connectivity index (χ1n) is 10.6. The van der Waals surface area contributed by atoms with Gasteiger partial charge in [0.25, 0.3) is 11.8 Å². The molecule has 0 spiro atoms. The van der Waals surface area contributed by atoms with E-state index in [1.54, 1.807) is 25.3 Å². The molecule has 0 bridgehead atoms. The second-order valence-electron chi connectivity index (χ2n) is 7.57. The number of anilines is 1. The third-order valence-electron chi connectivity index (χ3n) is 5.09. The van der Waals surface area contributed by atoms with Gasteiger partial charge in [-0.25, -0.2) is 4.79 Å². The highest BCUT2D eigenvalue weighted by atomic mass is 35.5. The van der Waals surface area contributed by atoms with Gasteiger partial charge in [-0.1, -0.05) is 11.6 Å². The molecule has 178 valence electrons. The van der Waals surface area contributed by atoms with Crippen LogP contribution in [0.1, 0.15) is 39.2 Å². The molecule has 33 heavy (non-hydrogen) atoms. The number of esters is 1. The zero-order valence-corrected chi connectivity index (χ0v) is 20.2. The average Bonchev–Trinajstić information content (AvgIpc) is 3.16. The van der Waals surface area contributed by atoms with Gasteiger partial charge in [0.2, 0.25) is 0 Å². The molecule has 2 N–H and O–H groups in total. The average molecular weight is 495 g/mol. The fourth-order valence-corrected chi connectivity index (χ4v) is 4.87. The summed E-state index contributed by atoms with van der Waals surface area (Å²) in [4.78, 5) is 38.3. The standard InChI is InChI=1S/C23H27ClN2O6S/c1-14-11-15(7-8-17(14)24)31-13-20(28)32-12-19(27)26-23-21(22(29)25-9-10-30-2)16-5-3-4-6-18(16)33-23/h7-8,11H,3-6,9-10,12-13H2,1-2H3,(H,25,29)(H,26,27). The van der Waals surface area contributed by atoms with Crippen molar-refractivity contribution >= 4 is 45.7 Å². The molecule has 0 unspecified atom stereocenters. The van der Waals surface area contributed by atoms with Crippen molar-refractivity contribution in [3.63, 3.8) is 0 Å².